The van der Waals surface area contributed by atoms with Crippen molar-refractivity contribution in [2.75, 3.05) is 6.61 Å². The van der Waals surface area contributed by atoms with Gasteiger partial charge in [-0.15, -0.1) is 0 Å². The number of ether oxygens (including phenoxy) is 1. The first-order valence-corrected chi connectivity index (χ1v) is 4.51. The largest absolute Gasteiger partial charge is 0.487 e. The van der Waals surface area contributed by atoms with Crippen molar-refractivity contribution in [2.24, 2.45) is 5.16 Å². The molecule has 0 aliphatic heterocycles. The molecule has 0 aliphatic carbocycles. The Labute approximate surface area is 84.0 Å². The van der Waals surface area contributed by atoms with Gasteiger partial charge in [0.2, 0.25) is 0 Å². The first-order valence-electron chi connectivity index (χ1n) is 4.51. The highest BCUT2D eigenvalue weighted by molar-refractivity contribution is 5.82. The summed E-state index contributed by atoms with van der Waals surface area (Å²) in [6.07, 6.45) is 0. The fraction of sp³-hybridized carbons (Fsp3) is 0.364. The van der Waals surface area contributed by atoms with Crippen molar-refractivity contribution in [1.82, 2.24) is 0 Å². The van der Waals surface area contributed by atoms with Gasteiger partial charge < -0.3 is 9.94 Å². The second-order valence-electron chi connectivity index (χ2n) is 3.32. The van der Waals surface area contributed by atoms with Gasteiger partial charge in [-0.05, 0) is 38.0 Å². The normalized spacial score (nSPS) is 11.5. The third-order valence-corrected chi connectivity index (χ3v) is 2.16. The van der Waals surface area contributed by atoms with Gasteiger partial charge >= 0.3 is 0 Å². The fourth-order valence-electron chi connectivity index (χ4n) is 1.09. The summed E-state index contributed by atoms with van der Waals surface area (Å²) >= 11 is 0. The van der Waals surface area contributed by atoms with Gasteiger partial charge in [0, 0.05) is 0 Å². The van der Waals surface area contributed by atoms with Crippen molar-refractivity contribution in [2.45, 2.75) is 20.8 Å². The quantitative estimate of drug-likeness (QED) is 0.455. The lowest BCUT2D eigenvalue weighted by Gasteiger charge is -2.09. The Hall–Kier alpha value is -1.51. The van der Waals surface area contributed by atoms with E-state index in [1.807, 2.05) is 32.0 Å². The van der Waals surface area contributed by atoms with E-state index in [-0.39, 0.29) is 0 Å². The van der Waals surface area contributed by atoms with Gasteiger partial charge in [-0.25, -0.2) is 0 Å². The fourth-order valence-corrected chi connectivity index (χ4v) is 1.09. The summed E-state index contributed by atoms with van der Waals surface area (Å²) in [5.74, 6) is 0.841. The highest BCUT2D eigenvalue weighted by atomic mass is 16.5. The molecule has 0 spiro atoms. The van der Waals surface area contributed by atoms with E-state index in [9.17, 15) is 0 Å². The van der Waals surface area contributed by atoms with Gasteiger partial charge in [0.15, 0.2) is 0 Å². The molecule has 0 aromatic heterocycles. The van der Waals surface area contributed by atoms with E-state index in [1.54, 1.807) is 6.92 Å². The van der Waals surface area contributed by atoms with Crippen molar-refractivity contribution in [3.05, 3.63) is 29.3 Å². The van der Waals surface area contributed by atoms with Gasteiger partial charge in [-0.1, -0.05) is 17.3 Å². The molecule has 0 fully saturated rings. The predicted octanol–water partition coefficient (Wildman–Crippen LogP) is 2.53. The molecule has 1 aromatic rings. The molecule has 0 heterocycles. The van der Waals surface area contributed by atoms with Gasteiger partial charge in [0.1, 0.15) is 12.4 Å². The van der Waals surface area contributed by atoms with Gasteiger partial charge in [-0.2, -0.15) is 0 Å². The average molecular weight is 193 g/mol. The maximum absolute atomic E-state index is 8.44. The maximum atomic E-state index is 8.44. The maximum Gasteiger partial charge on any atom is 0.129 e. The van der Waals surface area contributed by atoms with E-state index < -0.39 is 0 Å². The zero-order valence-corrected chi connectivity index (χ0v) is 8.74. The summed E-state index contributed by atoms with van der Waals surface area (Å²) in [5, 5.41) is 11.5. The minimum absolute atomic E-state index is 0.320. The molecule has 1 aromatic carbocycles. The minimum Gasteiger partial charge on any atom is -0.487 e. The molecule has 1 N–H and O–H groups in total. The van der Waals surface area contributed by atoms with Crippen LogP contribution in [0.2, 0.25) is 0 Å². The molecule has 0 bridgehead atoms. The van der Waals surface area contributed by atoms with E-state index >= 15 is 0 Å². The molecule has 0 amide bonds. The number of oxime groups is 1. The van der Waals surface area contributed by atoms with E-state index in [0.717, 1.165) is 11.3 Å². The molecule has 0 saturated heterocycles. The summed E-state index contributed by atoms with van der Waals surface area (Å²) in [6, 6.07) is 5.89. The SMILES string of the molecule is C/C(COc1cccc(C)c1C)=N\O. The summed E-state index contributed by atoms with van der Waals surface area (Å²) in [6.45, 7) is 6.08. The van der Waals surface area contributed by atoms with E-state index in [4.69, 9.17) is 9.94 Å². The topological polar surface area (TPSA) is 41.8 Å². The van der Waals surface area contributed by atoms with Gasteiger partial charge in [0.05, 0.1) is 5.71 Å². The Balaban J connectivity index is 2.73. The molecule has 76 valence electrons. The Kier molecular flexibility index (Phi) is 3.51. The molecule has 0 atom stereocenters. The van der Waals surface area contributed by atoms with Crippen LogP contribution in [0.5, 0.6) is 5.75 Å². The zero-order valence-electron chi connectivity index (χ0n) is 8.74. The van der Waals surface area contributed by atoms with Crippen molar-refractivity contribution in [3.63, 3.8) is 0 Å². The summed E-state index contributed by atoms with van der Waals surface area (Å²) < 4.78 is 5.48. The van der Waals surface area contributed by atoms with Crippen LogP contribution in [0.25, 0.3) is 0 Å². The van der Waals surface area contributed by atoms with Crippen molar-refractivity contribution < 1.29 is 9.94 Å². The first-order chi connectivity index (χ1) is 6.65. The zero-order chi connectivity index (χ0) is 10.6. The van der Waals surface area contributed by atoms with Crippen LogP contribution < -0.4 is 4.74 Å². The molecule has 0 unspecified atom stereocenters. The first kappa shape index (κ1) is 10.6. The molecular formula is C11H15NO2. The van der Waals surface area contributed by atoms with E-state index in [1.165, 1.54) is 5.56 Å². The number of hydrogen-bond acceptors (Lipinski definition) is 3. The monoisotopic (exact) mass is 193 g/mol. The van der Waals surface area contributed by atoms with Crippen molar-refractivity contribution in [3.8, 4) is 5.75 Å². The highest BCUT2D eigenvalue weighted by Gasteiger charge is 2.01. The summed E-state index contributed by atoms with van der Waals surface area (Å²) in [4.78, 5) is 0. The molecule has 3 heteroatoms. The Bertz CT molecular complexity index is 345. The summed E-state index contributed by atoms with van der Waals surface area (Å²) in [5.41, 5.74) is 2.88. The second-order valence-corrected chi connectivity index (χ2v) is 3.32. The number of benzene rings is 1. The lowest BCUT2D eigenvalue weighted by Crippen LogP contribution is -2.08. The molecule has 0 aliphatic rings. The van der Waals surface area contributed by atoms with Gasteiger partial charge in [-0.3, -0.25) is 0 Å². The van der Waals surface area contributed by atoms with E-state index in [2.05, 4.69) is 5.16 Å². The second kappa shape index (κ2) is 4.65. The number of aryl methyl sites for hydroxylation is 1. The standard InChI is InChI=1S/C11H15NO2/c1-8-5-4-6-11(10(8)3)14-7-9(2)12-13/h4-6,13H,7H2,1-3H3/b12-9+. The van der Waals surface area contributed by atoms with Crippen molar-refractivity contribution >= 4 is 5.71 Å². The lowest BCUT2D eigenvalue weighted by atomic mass is 10.1. The van der Waals surface area contributed by atoms with Crippen LogP contribution in [-0.4, -0.2) is 17.5 Å². The average Bonchev–Trinajstić information content (AvgIpc) is 2.20. The van der Waals surface area contributed by atoms with Crippen molar-refractivity contribution in [1.29, 1.82) is 0 Å². The highest BCUT2D eigenvalue weighted by Crippen LogP contribution is 2.20. The van der Waals surface area contributed by atoms with Crippen LogP contribution in [0.4, 0.5) is 0 Å². The molecule has 1 rings (SSSR count). The van der Waals surface area contributed by atoms with Crippen LogP contribution in [0, 0.1) is 13.8 Å². The van der Waals surface area contributed by atoms with Crippen LogP contribution in [0.1, 0.15) is 18.1 Å². The van der Waals surface area contributed by atoms with Crippen LogP contribution >= 0.6 is 0 Å². The minimum atomic E-state index is 0.320. The predicted molar refractivity (Wildman–Crippen MR) is 56.3 cm³/mol. The summed E-state index contributed by atoms with van der Waals surface area (Å²) in [7, 11) is 0. The molecular weight excluding hydrogens is 178 g/mol. The Morgan fingerprint density at radius 1 is 1.43 bits per heavy atom. The van der Waals surface area contributed by atoms with Crippen LogP contribution in [-0.2, 0) is 0 Å². The van der Waals surface area contributed by atoms with E-state index in [0.29, 0.717) is 12.3 Å². The Morgan fingerprint density at radius 3 is 2.79 bits per heavy atom. The lowest BCUT2D eigenvalue weighted by molar-refractivity contribution is 0.306. The number of hydrogen-bond donors (Lipinski definition) is 1. The molecule has 3 nitrogen and oxygen atoms in total. The molecule has 0 radical (unpaired) electrons. The molecule has 14 heavy (non-hydrogen) atoms. The van der Waals surface area contributed by atoms with Gasteiger partial charge in [0.25, 0.3) is 0 Å². The number of rotatable bonds is 3. The molecule has 0 saturated carbocycles. The smallest absolute Gasteiger partial charge is 0.129 e. The van der Waals surface area contributed by atoms with Crippen LogP contribution in [0.15, 0.2) is 23.4 Å². The third-order valence-electron chi connectivity index (χ3n) is 2.16. The Morgan fingerprint density at radius 2 is 2.14 bits per heavy atom. The number of nitrogens with zero attached hydrogens (tertiary/aromatic N) is 1. The third kappa shape index (κ3) is 2.49. The van der Waals surface area contributed by atoms with Crippen LogP contribution in [0.3, 0.4) is 0 Å².